The van der Waals surface area contributed by atoms with E-state index in [-0.39, 0.29) is 5.60 Å². The Morgan fingerprint density at radius 3 is 2.70 bits per heavy atom. The third-order valence-corrected chi connectivity index (χ3v) is 4.35. The molecule has 0 aliphatic carbocycles. The minimum Gasteiger partial charge on any atom is -0.381 e. The average molecular weight is 277 g/mol. The van der Waals surface area contributed by atoms with Crippen LogP contribution >= 0.6 is 0 Å². The number of methoxy groups -OCH3 is 1. The lowest BCUT2D eigenvalue weighted by molar-refractivity contribution is -0.110. The molecule has 1 atom stereocenters. The fraction of sp³-hybridized carbons (Fsp3) is 0.647. The summed E-state index contributed by atoms with van der Waals surface area (Å²) in [6.45, 7) is 6.85. The van der Waals surface area contributed by atoms with Crippen LogP contribution in [0.3, 0.4) is 0 Å². The van der Waals surface area contributed by atoms with E-state index in [0.29, 0.717) is 6.04 Å². The molecule has 1 N–H and O–H groups in total. The topological polar surface area (TPSA) is 30.5 Å². The zero-order valence-electron chi connectivity index (χ0n) is 12.9. The van der Waals surface area contributed by atoms with Crippen LogP contribution in [-0.2, 0) is 15.9 Å². The first-order valence-corrected chi connectivity index (χ1v) is 7.62. The summed E-state index contributed by atoms with van der Waals surface area (Å²) in [4.78, 5) is 0. The molecule has 1 fully saturated rings. The van der Waals surface area contributed by atoms with Crippen LogP contribution < -0.4 is 5.32 Å². The highest BCUT2D eigenvalue weighted by Crippen LogP contribution is 2.30. The number of aryl methyl sites for hydroxylation is 1. The summed E-state index contributed by atoms with van der Waals surface area (Å²) in [7, 11) is 1.84. The maximum absolute atomic E-state index is 5.95. The van der Waals surface area contributed by atoms with E-state index in [1.165, 1.54) is 11.1 Å². The number of likely N-dealkylation sites (N-methyl/N-ethyl adjacent to an activating group) is 1. The largest absolute Gasteiger partial charge is 0.381 e. The van der Waals surface area contributed by atoms with Crippen molar-refractivity contribution in [2.75, 3.05) is 26.9 Å². The summed E-state index contributed by atoms with van der Waals surface area (Å²) in [6, 6.07) is 9.10. The molecule has 1 aromatic carbocycles. The van der Waals surface area contributed by atoms with E-state index in [1.54, 1.807) is 0 Å². The molecule has 1 saturated heterocycles. The highest BCUT2D eigenvalue weighted by atomic mass is 16.5. The van der Waals surface area contributed by atoms with Crippen LogP contribution in [-0.4, -0.2) is 38.5 Å². The van der Waals surface area contributed by atoms with E-state index in [9.17, 15) is 0 Å². The number of nitrogens with one attached hydrogen (secondary N) is 1. The molecule has 1 heterocycles. The van der Waals surface area contributed by atoms with Crippen molar-refractivity contribution in [3.05, 3.63) is 35.4 Å². The van der Waals surface area contributed by atoms with Crippen LogP contribution in [0.25, 0.3) is 0 Å². The molecule has 0 aromatic heterocycles. The molecular weight excluding hydrogens is 250 g/mol. The molecule has 1 aliphatic rings. The van der Waals surface area contributed by atoms with Crippen LogP contribution in [0.2, 0.25) is 0 Å². The highest BCUT2D eigenvalue weighted by molar-refractivity contribution is 5.23. The van der Waals surface area contributed by atoms with E-state index in [2.05, 4.69) is 43.4 Å². The molecule has 2 rings (SSSR count). The van der Waals surface area contributed by atoms with Crippen molar-refractivity contribution in [3.63, 3.8) is 0 Å². The zero-order chi connectivity index (χ0) is 14.4. The molecule has 3 nitrogen and oxygen atoms in total. The quantitative estimate of drug-likeness (QED) is 0.867. The van der Waals surface area contributed by atoms with Crippen molar-refractivity contribution < 1.29 is 9.47 Å². The molecule has 0 amide bonds. The Bertz CT molecular complexity index is 413. The second-order valence-electron chi connectivity index (χ2n) is 5.68. The molecule has 0 saturated carbocycles. The van der Waals surface area contributed by atoms with Crippen molar-refractivity contribution in [1.29, 1.82) is 0 Å². The lowest BCUT2D eigenvalue weighted by Crippen LogP contribution is -2.56. The normalized spacial score (nSPS) is 19.8. The van der Waals surface area contributed by atoms with Gasteiger partial charge < -0.3 is 14.8 Å². The standard InChI is InChI=1S/C17H27NO2/c1-4-18-16(13-15-7-5-6-14(2)12-15)17(19-3)8-10-20-11-9-17/h5-7,12,16,18H,4,8-11,13H2,1-3H3. The molecule has 112 valence electrons. The van der Waals surface area contributed by atoms with Gasteiger partial charge in [-0.1, -0.05) is 36.8 Å². The fourth-order valence-electron chi connectivity index (χ4n) is 3.18. The Hall–Kier alpha value is -0.900. The zero-order valence-corrected chi connectivity index (χ0v) is 12.9. The molecule has 0 radical (unpaired) electrons. The maximum atomic E-state index is 5.95. The van der Waals surface area contributed by atoms with Crippen LogP contribution in [0, 0.1) is 6.92 Å². The Balaban J connectivity index is 2.16. The van der Waals surface area contributed by atoms with Gasteiger partial charge in [0.15, 0.2) is 0 Å². The minimum atomic E-state index is -0.0992. The van der Waals surface area contributed by atoms with Gasteiger partial charge in [-0.25, -0.2) is 0 Å². The Labute approximate surface area is 122 Å². The predicted octanol–water partition coefficient (Wildman–Crippen LogP) is 2.71. The molecule has 3 heteroatoms. The Morgan fingerprint density at radius 1 is 1.35 bits per heavy atom. The molecule has 1 unspecified atom stereocenters. The van der Waals surface area contributed by atoms with Gasteiger partial charge in [-0.05, 0) is 25.5 Å². The number of rotatable bonds is 6. The molecule has 1 aliphatic heterocycles. The highest BCUT2D eigenvalue weighted by Gasteiger charge is 2.40. The van der Waals surface area contributed by atoms with Crippen LogP contribution in [0.4, 0.5) is 0 Å². The van der Waals surface area contributed by atoms with Crippen molar-refractivity contribution in [2.45, 2.75) is 44.8 Å². The van der Waals surface area contributed by atoms with Gasteiger partial charge in [0.2, 0.25) is 0 Å². The second-order valence-corrected chi connectivity index (χ2v) is 5.68. The number of hydrogen-bond acceptors (Lipinski definition) is 3. The minimum absolute atomic E-state index is 0.0992. The van der Waals surface area contributed by atoms with Gasteiger partial charge in [-0.2, -0.15) is 0 Å². The van der Waals surface area contributed by atoms with Gasteiger partial charge in [-0.15, -0.1) is 0 Å². The van der Waals surface area contributed by atoms with E-state index < -0.39 is 0 Å². The van der Waals surface area contributed by atoms with Crippen LogP contribution in [0.15, 0.2) is 24.3 Å². The van der Waals surface area contributed by atoms with E-state index in [4.69, 9.17) is 9.47 Å². The van der Waals surface area contributed by atoms with E-state index in [1.807, 2.05) is 7.11 Å². The van der Waals surface area contributed by atoms with E-state index in [0.717, 1.165) is 39.0 Å². The summed E-state index contributed by atoms with van der Waals surface area (Å²) in [5.41, 5.74) is 2.59. The van der Waals surface area contributed by atoms with Gasteiger partial charge in [0, 0.05) is 39.2 Å². The SMILES string of the molecule is CCNC(Cc1cccc(C)c1)C1(OC)CCOCC1. The smallest absolute Gasteiger partial charge is 0.0877 e. The number of ether oxygens (including phenoxy) is 2. The first-order valence-electron chi connectivity index (χ1n) is 7.62. The third-order valence-electron chi connectivity index (χ3n) is 4.35. The fourth-order valence-corrected chi connectivity index (χ4v) is 3.18. The van der Waals surface area contributed by atoms with Crippen LogP contribution in [0.1, 0.15) is 30.9 Å². The van der Waals surface area contributed by atoms with Crippen molar-refractivity contribution in [3.8, 4) is 0 Å². The van der Waals surface area contributed by atoms with Gasteiger partial charge in [-0.3, -0.25) is 0 Å². The first-order chi connectivity index (χ1) is 9.70. The second kappa shape index (κ2) is 7.21. The Kier molecular flexibility index (Phi) is 5.58. The van der Waals surface area contributed by atoms with Crippen molar-refractivity contribution in [1.82, 2.24) is 5.32 Å². The number of hydrogen-bond donors (Lipinski definition) is 1. The van der Waals surface area contributed by atoms with Crippen molar-refractivity contribution >= 4 is 0 Å². The molecule has 20 heavy (non-hydrogen) atoms. The molecular formula is C17H27NO2. The summed E-state index contributed by atoms with van der Waals surface area (Å²) < 4.78 is 11.5. The monoisotopic (exact) mass is 277 g/mol. The van der Waals surface area contributed by atoms with Crippen LogP contribution in [0.5, 0.6) is 0 Å². The third kappa shape index (κ3) is 3.60. The number of benzene rings is 1. The van der Waals surface area contributed by atoms with Crippen molar-refractivity contribution in [2.24, 2.45) is 0 Å². The summed E-state index contributed by atoms with van der Waals surface area (Å²) in [5, 5.41) is 3.63. The lowest BCUT2D eigenvalue weighted by atomic mass is 9.82. The van der Waals surface area contributed by atoms with E-state index >= 15 is 0 Å². The van der Waals surface area contributed by atoms with Gasteiger partial charge in [0.25, 0.3) is 0 Å². The summed E-state index contributed by atoms with van der Waals surface area (Å²) in [5.74, 6) is 0. The van der Waals surface area contributed by atoms with Gasteiger partial charge in [0.05, 0.1) is 5.60 Å². The molecule has 1 aromatic rings. The summed E-state index contributed by atoms with van der Waals surface area (Å²) >= 11 is 0. The predicted molar refractivity (Wildman–Crippen MR) is 82.1 cm³/mol. The van der Waals surface area contributed by atoms with Gasteiger partial charge >= 0.3 is 0 Å². The first kappa shape index (κ1) is 15.5. The summed E-state index contributed by atoms with van der Waals surface area (Å²) in [6.07, 6.45) is 2.93. The molecule has 0 spiro atoms. The lowest BCUT2D eigenvalue weighted by Gasteiger charge is -2.42. The maximum Gasteiger partial charge on any atom is 0.0877 e. The average Bonchev–Trinajstić information content (AvgIpc) is 2.47. The molecule has 0 bridgehead atoms. The Morgan fingerprint density at radius 2 is 2.10 bits per heavy atom. The van der Waals surface area contributed by atoms with Gasteiger partial charge in [0.1, 0.15) is 0 Å².